The summed E-state index contributed by atoms with van der Waals surface area (Å²) in [4.78, 5) is 23.4. The van der Waals surface area contributed by atoms with Crippen molar-refractivity contribution in [3.63, 3.8) is 0 Å². The fourth-order valence-corrected chi connectivity index (χ4v) is 4.02. The fourth-order valence-electron chi connectivity index (χ4n) is 4.02. The predicted molar refractivity (Wildman–Crippen MR) is 132 cm³/mol. The van der Waals surface area contributed by atoms with Crippen molar-refractivity contribution in [3.05, 3.63) is 60.3 Å². The van der Waals surface area contributed by atoms with Crippen molar-refractivity contribution in [1.29, 1.82) is 0 Å². The van der Waals surface area contributed by atoms with Crippen LogP contribution < -0.4 is 26.4 Å². The van der Waals surface area contributed by atoms with Gasteiger partial charge in [0.25, 0.3) is 5.91 Å². The van der Waals surface area contributed by atoms with Crippen LogP contribution in [-0.4, -0.2) is 47.8 Å². The van der Waals surface area contributed by atoms with Crippen LogP contribution in [-0.2, 0) is 0 Å². The molecule has 0 bridgehead atoms. The summed E-state index contributed by atoms with van der Waals surface area (Å²) < 4.78 is 34.3. The first-order valence-corrected chi connectivity index (χ1v) is 11.4. The zero-order valence-electron chi connectivity index (χ0n) is 19.4. The molecule has 1 aromatic carbocycles. The highest BCUT2D eigenvalue weighted by molar-refractivity contribution is 6.08. The molecule has 184 valence electrons. The van der Waals surface area contributed by atoms with Crippen molar-refractivity contribution in [2.75, 3.05) is 35.6 Å². The van der Waals surface area contributed by atoms with Gasteiger partial charge in [0.05, 0.1) is 35.6 Å². The minimum absolute atomic E-state index is 0.0738. The molecule has 35 heavy (non-hydrogen) atoms. The number of anilines is 3. The third kappa shape index (κ3) is 5.65. The van der Waals surface area contributed by atoms with Crippen molar-refractivity contribution >= 4 is 23.0 Å². The molecule has 5 N–H and O–H groups in total. The van der Waals surface area contributed by atoms with Crippen molar-refractivity contribution in [2.45, 2.75) is 32.0 Å². The summed E-state index contributed by atoms with van der Waals surface area (Å²) in [7, 11) is 0. The van der Waals surface area contributed by atoms with Gasteiger partial charge >= 0.3 is 0 Å². The third-order valence-corrected chi connectivity index (χ3v) is 5.65. The number of aromatic nitrogens is 2. The fraction of sp³-hybridized carbons (Fsp3) is 0.320. The van der Waals surface area contributed by atoms with E-state index in [1.165, 1.54) is 30.5 Å². The Kier molecular flexibility index (Phi) is 7.40. The Bertz CT molecular complexity index is 1200. The molecule has 4 rings (SSSR count). The molecule has 3 aromatic rings. The lowest BCUT2D eigenvalue weighted by Gasteiger charge is -2.35. The van der Waals surface area contributed by atoms with E-state index in [0.717, 1.165) is 6.42 Å². The monoisotopic (exact) mass is 482 g/mol. The van der Waals surface area contributed by atoms with Crippen molar-refractivity contribution in [1.82, 2.24) is 9.97 Å². The largest absolute Gasteiger partial charge is 0.494 e. The Labute approximate surface area is 202 Å². The summed E-state index contributed by atoms with van der Waals surface area (Å²) in [5.41, 5.74) is 13.5. The maximum atomic E-state index is 14.6. The molecule has 1 saturated heterocycles. The molecule has 1 aliphatic heterocycles. The van der Waals surface area contributed by atoms with Crippen LogP contribution in [0, 0.1) is 5.82 Å². The first-order valence-electron chi connectivity index (χ1n) is 11.4. The highest BCUT2D eigenvalue weighted by Crippen LogP contribution is 2.30. The number of hydrogen-bond donors (Lipinski definition) is 3. The minimum Gasteiger partial charge on any atom is -0.494 e. The second-order valence-electron chi connectivity index (χ2n) is 8.47. The topological polar surface area (TPSA) is 119 Å². The summed E-state index contributed by atoms with van der Waals surface area (Å²) in [6.45, 7) is 3.07. The summed E-state index contributed by atoms with van der Waals surface area (Å²) in [5, 5.41) is 2.76. The van der Waals surface area contributed by atoms with Crippen LogP contribution in [0.2, 0.25) is 0 Å². The number of carbonyl (C=O) groups is 1. The predicted octanol–water partition coefficient (Wildman–Crippen LogP) is 3.78. The van der Waals surface area contributed by atoms with E-state index >= 15 is 0 Å². The highest BCUT2D eigenvalue weighted by atomic mass is 19.1. The number of amides is 1. The SMILES string of the molecule is CCCOc1ccc(F)c(-c2ccc(N)c(C(=O)Nc3cnccc3N3C[C@@H](N)C[C@@H](F)C3)n2)c1. The van der Waals surface area contributed by atoms with Crippen molar-refractivity contribution in [2.24, 2.45) is 5.73 Å². The van der Waals surface area contributed by atoms with Crippen LogP contribution in [0.4, 0.5) is 25.8 Å². The summed E-state index contributed by atoms with van der Waals surface area (Å²) >= 11 is 0. The van der Waals surface area contributed by atoms with Crippen LogP contribution in [0.15, 0.2) is 48.8 Å². The van der Waals surface area contributed by atoms with E-state index in [9.17, 15) is 13.6 Å². The number of alkyl halides is 1. The lowest BCUT2D eigenvalue weighted by atomic mass is 10.0. The van der Waals surface area contributed by atoms with Gasteiger partial charge in [-0.3, -0.25) is 9.78 Å². The van der Waals surface area contributed by atoms with Crippen molar-refractivity contribution < 1.29 is 18.3 Å². The molecule has 10 heteroatoms. The molecule has 2 aromatic heterocycles. The summed E-state index contributed by atoms with van der Waals surface area (Å²) in [6, 6.07) is 8.77. The number of benzene rings is 1. The van der Waals surface area contributed by atoms with E-state index in [-0.39, 0.29) is 41.6 Å². The highest BCUT2D eigenvalue weighted by Gasteiger charge is 2.27. The van der Waals surface area contributed by atoms with Gasteiger partial charge in [0.2, 0.25) is 0 Å². The molecule has 8 nitrogen and oxygen atoms in total. The number of pyridine rings is 2. The van der Waals surface area contributed by atoms with Gasteiger partial charge in [0, 0.05) is 30.9 Å². The zero-order valence-corrected chi connectivity index (χ0v) is 19.4. The molecule has 0 radical (unpaired) electrons. The van der Waals surface area contributed by atoms with Crippen LogP contribution in [0.3, 0.4) is 0 Å². The number of nitrogen functional groups attached to an aromatic ring is 1. The van der Waals surface area contributed by atoms with Gasteiger partial charge in [-0.15, -0.1) is 0 Å². The molecule has 1 amide bonds. The molecule has 0 saturated carbocycles. The molecule has 0 unspecified atom stereocenters. The van der Waals surface area contributed by atoms with E-state index in [1.54, 1.807) is 23.2 Å². The van der Waals surface area contributed by atoms with Gasteiger partial charge in [0.15, 0.2) is 5.69 Å². The van der Waals surface area contributed by atoms with Crippen LogP contribution in [0.5, 0.6) is 5.75 Å². The summed E-state index contributed by atoms with van der Waals surface area (Å²) in [5.74, 6) is -0.608. The number of halogens is 2. The number of ether oxygens (including phenoxy) is 1. The Hall–Kier alpha value is -3.79. The molecule has 1 aliphatic rings. The van der Waals surface area contributed by atoms with E-state index in [2.05, 4.69) is 15.3 Å². The van der Waals surface area contributed by atoms with Gasteiger partial charge in [-0.05, 0) is 49.2 Å². The average molecular weight is 483 g/mol. The number of carbonyl (C=O) groups excluding carboxylic acids is 1. The van der Waals surface area contributed by atoms with Gasteiger partial charge in [-0.1, -0.05) is 6.92 Å². The number of nitrogens with two attached hydrogens (primary N) is 2. The van der Waals surface area contributed by atoms with Crippen molar-refractivity contribution in [3.8, 4) is 17.0 Å². The first-order chi connectivity index (χ1) is 16.9. The lowest BCUT2D eigenvalue weighted by Crippen LogP contribution is -2.48. The molecule has 1 fully saturated rings. The quantitative estimate of drug-likeness (QED) is 0.469. The zero-order chi connectivity index (χ0) is 24.9. The van der Waals surface area contributed by atoms with Gasteiger partial charge in [-0.25, -0.2) is 13.8 Å². The smallest absolute Gasteiger partial charge is 0.276 e. The van der Waals surface area contributed by atoms with Crippen LogP contribution >= 0.6 is 0 Å². The number of nitrogens with zero attached hydrogens (tertiary/aromatic N) is 3. The Balaban J connectivity index is 1.61. The van der Waals surface area contributed by atoms with E-state index in [4.69, 9.17) is 16.2 Å². The Morgan fingerprint density at radius 3 is 2.86 bits per heavy atom. The molecule has 0 aliphatic carbocycles. The van der Waals surface area contributed by atoms with Gasteiger partial charge < -0.3 is 26.4 Å². The number of piperidine rings is 1. The standard InChI is InChI=1S/C25H28F2N6O2/c1-2-9-35-17-3-4-19(27)18(11-17)21-6-5-20(29)24(31-21)25(34)32-22-12-30-8-7-23(22)33-13-15(26)10-16(28)14-33/h3-8,11-12,15-16H,2,9-10,13-14,28-29H2,1H3,(H,32,34)/t15-,16+/m1/s1. The first kappa shape index (κ1) is 24.3. The number of hydrogen-bond acceptors (Lipinski definition) is 7. The second-order valence-corrected chi connectivity index (χ2v) is 8.47. The molecule has 0 spiro atoms. The minimum atomic E-state index is -1.07. The lowest BCUT2D eigenvalue weighted by molar-refractivity contribution is 0.102. The van der Waals surface area contributed by atoms with E-state index < -0.39 is 17.9 Å². The van der Waals surface area contributed by atoms with Crippen LogP contribution in [0.25, 0.3) is 11.3 Å². The van der Waals surface area contributed by atoms with E-state index in [1.807, 2.05) is 6.92 Å². The van der Waals surface area contributed by atoms with Gasteiger partial charge in [0.1, 0.15) is 17.7 Å². The Morgan fingerprint density at radius 1 is 1.26 bits per heavy atom. The van der Waals surface area contributed by atoms with Crippen LogP contribution in [0.1, 0.15) is 30.3 Å². The maximum absolute atomic E-state index is 14.6. The normalized spacial score (nSPS) is 17.8. The maximum Gasteiger partial charge on any atom is 0.276 e. The van der Waals surface area contributed by atoms with E-state index in [0.29, 0.717) is 30.3 Å². The van der Waals surface area contributed by atoms with Gasteiger partial charge in [-0.2, -0.15) is 0 Å². The molecular weight excluding hydrogens is 454 g/mol. The Morgan fingerprint density at radius 2 is 2.09 bits per heavy atom. The number of rotatable bonds is 7. The average Bonchev–Trinajstić information content (AvgIpc) is 2.83. The second kappa shape index (κ2) is 10.6. The molecule has 3 heterocycles. The third-order valence-electron chi connectivity index (χ3n) is 5.65. The molecule has 2 atom stereocenters. The number of nitrogens with one attached hydrogen (secondary N) is 1. The molecular formula is C25H28F2N6O2. The summed E-state index contributed by atoms with van der Waals surface area (Å²) in [6.07, 6.45) is 3.05.